The van der Waals surface area contributed by atoms with Crippen LogP contribution in [0.25, 0.3) is 0 Å². The molecule has 0 aliphatic heterocycles. The first-order valence-corrected chi connectivity index (χ1v) is 5.07. The second kappa shape index (κ2) is 5.04. The summed E-state index contributed by atoms with van der Waals surface area (Å²) in [5.74, 6) is -0.987. The van der Waals surface area contributed by atoms with Gasteiger partial charge in [-0.3, -0.25) is 4.79 Å². The van der Waals surface area contributed by atoms with E-state index in [2.05, 4.69) is 10.3 Å². The summed E-state index contributed by atoms with van der Waals surface area (Å²) in [7, 11) is 0. The number of carbonyl (C=O) groups is 1. The van der Waals surface area contributed by atoms with Crippen LogP contribution >= 0.6 is 11.3 Å². The zero-order chi connectivity index (χ0) is 10.6. The van der Waals surface area contributed by atoms with E-state index in [-0.39, 0.29) is 6.54 Å². The van der Waals surface area contributed by atoms with Crippen molar-refractivity contribution >= 4 is 17.3 Å². The van der Waals surface area contributed by atoms with Gasteiger partial charge in [0.25, 0.3) is 0 Å². The fourth-order valence-corrected chi connectivity index (χ4v) is 1.67. The van der Waals surface area contributed by atoms with Crippen LogP contribution in [0.2, 0.25) is 0 Å². The largest absolute Gasteiger partial charge is 0.480 e. The Morgan fingerprint density at radius 3 is 3.07 bits per heavy atom. The fourth-order valence-electron chi connectivity index (χ4n) is 0.924. The lowest BCUT2D eigenvalue weighted by molar-refractivity contribution is -0.138. The first-order valence-electron chi connectivity index (χ1n) is 4.19. The zero-order valence-electron chi connectivity index (χ0n) is 7.86. The molecular weight excluding hydrogens is 202 g/mol. The van der Waals surface area contributed by atoms with Crippen molar-refractivity contribution in [2.75, 3.05) is 6.54 Å². The molecule has 1 aromatic rings. The molecule has 0 spiro atoms. The number of aryl methyl sites for hydroxylation is 1. The van der Waals surface area contributed by atoms with Crippen LogP contribution in [0.5, 0.6) is 0 Å². The van der Waals surface area contributed by atoms with Crippen molar-refractivity contribution in [3.63, 3.8) is 0 Å². The van der Waals surface area contributed by atoms with Gasteiger partial charge in [-0.1, -0.05) is 0 Å². The van der Waals surface area contributed by atoms with Gasteiger partial charge in [-0.05, 0) is 6.92 Å². The monoisotopic (exact) mass is 215 g/mol. The van der Waals surface area contributed by atoms with Crippen LogP contribution in [0.4, 0.5) is 0 Å². The first kappa shape index (κ1) is 11.1. The minimum Gasteiger partial charge on any atom is -0.480 e. The molecule has 14 heavy (non-hydrogen) atoms. The molecule has 0 bridgehead atoms. The standard InChI is InChI=1S/C8H13N3O2S/c1-5-7(14-4-11-5)3-10-2-6(9)8(12)13/h4,6,10H,2-3,9H2,1H3,(H,12,13). The van der Waals surface area contributed by atoms with E-state index in [0.717, 1.165) is 10.6 Å². The van der Waals surface area contributed by atoms with Crippen LogP contribution in [-0.2, 0) is 11.3 Å². The van der Waals surface area contributed by atoms with Crippen molar-refractivity contribution in [2.24, 2.45) is 5.73 Å². The molecular formula is C8H13N3O2S. The molecule has 0 radical (unpaired) electrons. The number of hydrogen-bond donors (Lipinski definition) is 3. The Kier molecular flexibility index (Phi) is 3.99. The number of nitrogens with one attached hydrogen (secondary N) is 1. The van der Waals surface area contributed by atoms with E-state index in [4.69, 9.17) is 10.8 Å². The third-order valence-electron chi connectivity index (χ3n) is 1.81. The summed E-state index contributed by atoms with van der Waals surface area (Å²) in [6.07, 6.45) is 0. The first-order chi connectivity index (χ1) is 6.61. The molecule has 1 aromatic heterocycles. The zero-order valence-corrected chi connectivity index (χ0v) is 8.67. The smallest absolute Gasteiger partial charge is 0.321 e. The van der Waals surface area contributed by atoms with E-state index >= 15 is 0 Å². The highest BCUT2D eigenvalue weighted by Crippen LogP contribution is 2.10. The van der Waals surface area contributed by atoms with Crippen molar-refractivity contribution in [1.29, 1.82) is 0 Å². The van der Waals surface area contributed by atoms with Gasteiger partial charge >= 0.3 is 5.97 Å². The number of aliphatic carboxylic acids is 1. The van der Waals surface area contributed by atoms with Gasteiger partial charge in [0.15, 0.2) is 0 Å². The minimum absolute atomic E-state index is 0.271. The maximum absolute atomic E-state index is 10.4. The number of hydrogen-bond acceptors (Lipinski definition) is 5. The molecule has 1 atom stereocenters. The average molecular weight is 215 g/mol. The van der Waals surface area contributed by atoms with Crippen LogP contribution < -0.4 is 11.1 Å². The highest BCUT2D eigenvalue weighted by molar-refractivity contribution is 7.09. The Bertz CT molecular complexity index is 313. The highest BCUT2D eigenvalue weighted by atomic mass is 32.1. The van der Waals surface area contributed by atoms with Crippen molar-refractivity contribution in [3.05, 3.63) is 16.1 Å². The van der Waals surface area contributed by atoms with Crippen molar-refractivity contribution in [1.82, 2.24) is 10.3 Å². The van der Waals surface area contributed by atoms with Gasteiger partial charge in [0, 0.05) is 18.0 Å². The number of aromatic nitrogens is 1. The van der Waals surface area contributed by atoms with Gasteiger partial charge in [0.2, 0.25) is 0 Å². The molecule has 1 rings (SSSR count). The van der Waals surface area contributed by atoms with Crippen LogP contribution in [-0.4, -0.2) is 28.6 Å². The van der Waals surface area contributed by atoms with Crippen LogP contribution in [0.1, 0.15) is 10.6 Å². The molecule has 0 amide bonds. The van der Waals surface area contributed by atoms with E-state index in [9.17, 15) is 4.79 Å². The molecule has 5 nitrogen and oxygen atoms in total. The van der Waals surface area contributed by atoms with Gasteiger partial charge in [0.1, 0.15) is 6.04 Å². The van der Waals surface area contributed by atoms with Gasteiger partial charge in [-0.2, -0.15) is 0 Å². The second-order valence-electron chi connectivity index (χ2n) is 2.94. The van der Waals surface area contributed by atoms with Crippen molar-refractivity contribution < 1.29 is 9.90 Å². The Morgan fingerprint density at radius 1 is 1.86 bits per heavy atom. The summed E-state index contributed by atoms with van der Waals surface area (Å²) in [6.45, 7) is 2.81. The summed E-state index contributed by atoms with van der Waals surface area (Å²) in [5, 5.41) is 11.5. The van der Waals surface area contributed by atoms with Gasteiger partial charge in [-0.15, -0.1) is 11.3 Å². The molecule has 1 heterocycles. The number of carboxylic acid groups (broad SMARTS) is 1. The van der Waals surface area contributed by atoms with Gasteiger partial charge < -0.3 is 16.2 Å². The lowest BCUT2D eigenvalue weighted by Crippen LogP contribution is -2.39. The second-order valence-corrected chi connectivity index (χ2v) is 3.88. The van der Waals surface area contributed by atoms with Crippen molar-refractivity contribution in [2.45, 2.75) is 19.5 Å². The predicted molar refractivity (Wildman–Crippen MR) is 54.2 cm³/mol. The molecule has 0 fully saturated rings. The molecule has 4 N–H and O–H groups in total. The summed E-state index contributed by atoms with van der Waals surface area (Å²) in [6, 6.07) is -0.844. The molecule has 0 aliphatic rings. The number of nitrogens with zero attached hydrogens (tertiary/aromatic N) is 1. The SMILES string of the molecule is Cc1ncsc1CNCC(N)C(=O)O. The molecule has 0 aliphatic carbocycles. The lowest BCUT2D eigenvalue weighted by atomic mass is 10.3. The van der Waals surface area contributed by atoms with E-state index < -0.39 is 12.0 Å². The highest BCUT2D eigenvalue weighted by Gasteiger charge is 2.10. The summed E-state index contributed by atoms with van der Waals surface area (Å²) >= 11 is 1.55. The molecule has 0 saturated heterocycles. The Morgan fingerprint density at radius 2 is 2.57 bits per heavy atom. The topological polar surface area (TPSA) is 88.2 Å². The summed E-state index contributed by atoms with van der Waals surface area (Å²) in [5.41, 5.74) is 8.07. The van der Waals surface area contributed by atoms with Crippen LogP contribution in [0.3, 0.4) is 0 Å². The average Bonchev–Trinajstić information content (AvgIpc) is 2.51. The fraction of sp³-hybridized carbons (Fsp3) is 0.500. The maximum atomic E-state index is 10.4. The van der Waals surface area contributed by atoms with E-state index in [0.29, 0.717) is 6.54 Å². The van der Waals surface area contributed by atoms with E-state index in [1.165, 1.54) is 0 Å². The molecule has 1 unspecified atom stereocenters. The predicted octanol–water partition coefficient (Wildman–Crippen LogP) is -0.0470. The molecule has 6 heteroatoms. The van der Waals surface area contributed by atoms with E-state index in [1.54, 1.807) is 16.8 Å². The van der Waals surface area contributed by atoms with Crippen LogP contribution in [0, 0.1) is 6.92 Å². The summed E-state index contributed by atoms with van der Waals surface area (Å²) in [4.78, 5) is 15.6. The number of thiazole rings is 1. The van der Waals surface area contributed by atoms with E-state index in [1.807, 2.05) is 6.92 Å². The van der Waals surface area contributed by atoms with Crippen molar-refractivity contribution in [3.8, 4) is 0 Å². The molecule has 0 saturated carbocycles. The van der Waals surface area contributed by atoms with Gasteiger partial charge in [-0.25, -0.2) is 4.98 Å². The molecule has 0 aromatic carbocycles. The molecule has 78 valence electrons. The Balaban J connectivity index is 2.29. The van der Waals surface area contributed by atoms with Crippen LogP contribution in [0.15, 0.2) is 5.51 Å². The number of rotatable bonds is 5. The normalized spacial score (nSPS) is 12.7. The Labute approximate surface area is 86.0 Å². The Hall–Kier alpha value is -0.980. The third kappa shape index (κ3) is 3.06. The maximum Gasteiger partial charge on any atom is 0.321 e. The third-order valence-corrected chi connectivity index (χ3v) is 2.75. The minimum atomic E-state index is -0.987. The lowest BCUT2D eigenvalue weighted by Gasteiger charge is -2.07. The summed E-state index contributed by atoms with van der Waals surface area (Å²) < 4.78 is 0. The quantitative estimate of drug-likeness (QED) is 0.641. The number of carboxylic acids is 1. The van der Waals surface area contributed by atoms with Gasteiger partial charge in [0.05, 0.1) is 11.2 Å². The number of nitrogens with two attached hydrogens (primary N) is 1.